The molecule has 0 unspecified atom stereocenters. The number of amides is 1. The minimum absolute atomic E-state index is 0.0828. The number of halogens is 3. The Morgan fingerprint density at radius 1 is 1.10 bits per heavy atom. The molecule has 2 aromatic carbocycles. The van der Waals surface area contributed by atoms with Gasteiger partial charge in [0.2, 0.25) is 11.8 Å². The molecule has 0 bridgehead atoms. The van der Waals surface area contributed by atoms with E-state index < -0.39 is 11.7 Å². The van der Waals surface area contributed by atoms with Crippen molar-refractivity contribution in [3.8, 4) is 22.9 Å². The minimum atomic E-state index is -2.59. The lowest BCUT2D eigenvalue weighted by atomic mass is 9.87. The third kappa shape index (κ3) is 5.76. The number of alkyl halides is 2. The first-order chi connectivity index (χ1) is 19.2. The molecule has 2 heterocycles. The van der Waals surface area contributed by atoms with E-state index >= 15 is 0 Å². The fourth-order valence-corrected chi connectivity index (χ4v) is 5.10. The second-order valence-electron chi connectivity index (χ2n) is 10.8. The third-order valence-electron chi connectivity index (χ3n) is 7.56. The Morgan fingerprint density at radius 2 is 1.90 bits per heavy atom. The predicted molar refractivity (Wildman–Crippen MR) is 146 cm³/mol. The van der Waals surface area contributed by atoms with Crippen LogP contribution in [0.5, 0.6) is 11.6 Å². The third-order valence-corrected chi connectivity index (χ3v) is 7.56. The van der Waals surface area contributed by atoms with Gasteiger partial charge in [0.05, 0.1) is 17.6 Å². The largest absolute Gasteiger partial charge is 0.437 e. The van der Waals surface area contributed by atoms with Gasteiger partial charge in [0.15, 0.2) is 5.65 Å². The van der Waals surface area contributed by atoms with Crippen molar-refractivity contribution in [1.82, 2.24) is 19.9 Å². The highest BCUT2D eigenvalue weighted by Gasteiger charge is 2.34. The normalized spacial score (nSPS) is 17.1. The number of aromatic nitrogens is 3. The van der Waals surface area contributed by atoms with Gasteiger partial charge in [-0.1, -0.05) is 12.1 Å². The molecule has 10 heteroatoms. The molecule has 0 radical (unpaired) electrons. The Balaban J connectivity index is 1.32. The summed E-state index contributed by atoms with van der Waals surface area (Å²) in [6.07, 6.45) is 4.38. The topological polar surface area (TPSA) is 80.6 Å². The molecule has 2 fully saturated rings. The Morgan fingerprint density at radius 3 is 2.62 bits per heavy atom. The van der Waals surface area contributed by atoms with Crippen LogP contribution in [-0.2, 0) is 0 Å². The number of aryl methyl sites for hydroxylation is 1. The number of fused-ring (bicyclic) bond motifs is 1. The standard InChI is InChI=1S/C30H30F3N5O2/c1-18-13-20(5-8-24(18)29(39)36-22-6-7-22)26-17-35-28-25(34-16-19-9-11-30(32,33)12-10-19)15-27(37-38(26)28)40-23-4-2-3-21(31)14-23/h2-5,8,13-15,17,19,22,34H,6-7,9-12,16H2,1H3,(H,36,39). The summed E-state index contributed by atoms with van der Waals surface area (Å²) >= 11 is 0. The Kier molecular flexibility index (Phi) is 6.85. The quantitative estimate of drug-likeness (QED) is 0.254. The molecule has 0 atom stereocenters. The van der Waals surface area contributed by atoms with Gasteiger partial charge in [-0.25, -0.2) is 22.7 Å². The van der Waals surface area contributed by atoms with Crippen molar-refractivity contribution >= 4 is 17.2 Å². The highest BCUT2D eigenvalue weighted by molar-refractivity contribution is 5.96. The molecule has 2 aliphatic carbocycles. The number of benzene rings is 2. The van der Waals surface area contributed by atoms with E-state index in [0.29, 0.717) is 42.0 Å². The number of anilines is 1. The maximum Gasteiger partial charge on any atom is 0.251 e. The molecule has 2 N–H and O–H groups in total. The lowest BCUT2D eigenvalue weighted by Crippen LogP contribution is -2.28. The lowest BCUT2D eigenvalue weighted by molar-refractivity contribution is -0.0443. The Hall–Kier alpha value is -4.08. The maximum absolute atomic E-state index is 13.8. The lowest BCUT2D eigenvalue weighted by Gasteiger charge is -2.28. The average Bonchev–Trinajstić information content (AvgIpc) is 3.63. The van der Waals surface area contributed by atoms with Crippen LogP contribution in [0.15, 0.2) is 54.7 Å². The van der Waals surface area contributed by atoms with Crippen LogP contribution >= 0.6 is 0 Å². The van der Waals surface area contributed by atoms with Gasteiger partial charge in [0.1, 0.15) is 11.6 Å². The molecule has 1 amide bonds. The maximum atomic E-state index is 13.8. The van der Waals surface area contributed by atoms with E-state index in [2.05, 4.69) is 20.7 Å². The van der Waals surface area contributed by atoms with E-state index in [-0.39, 0.29) is 42.3 Å². The van der Waals surface area contributed by atoms with Crippen LogP contribution < -0.4 is 15.4 Å². The summed E-state index contributed by atoms with van der Waals surface area (Å²) in [5, 5.41) is 11.0. The van der Waals surface area contributed by atoms with Crippen molar-refractivity contribution in [3.05, 3.63) is 71.7 Å². The fraction of sp³-hybridized carbons (Fsp3) is 0.367. The van der Waals surface area contributed by atoms with E-state index in [4.69, 9.17) is 4.74 Å². The van der Waals surface area contributed by atoms with Crippen molar-refractivity contribution in [2.45, 2.75) is 57.4 Å². The zero-order valence-electron chi connectivity index (χ0n) is 22.1. The molecule has 4 aromatic rings. The van der Waals surface area contributed by atoms with Gasteiger partial charge in [-0.05, 0) is 68.4 Å². The van der Waals surface area contributed by atoms with E-state index in [0.717, 1.165) is 24.0 Å². The smallest absolute Gasteiger partial charge is 0.251 e. The van der Waals surface area contributed by atoms with Gasteiger partial charge >= 0.3 is 0 Å². The van der Waals surface area contributed by atoms with Crippen molar-refractivity contribution < 1.29 is 22.7 Å². The molecule has 40 heavy (non-hydrogen) atoms. The summed E-state index contributed by atoms with van der Waals surface area (Å²) in [4.78, 5) is 17.2. The number of imidazole rings is 1. The molecule has 2 aliphatic rings. The van der Waals surface area contributed by atoms with Crippen LogP contribution in [0.25, 0.3) is 16.9 Å². The molecule has 0 spiro atoms. The molecule has 0 aliphatic heterocycles. The predicted octanol–water partition coefficient (Wildman–Crippen LogP) is 6.77. The number of nitrogens with zero attached hydrogens (tertiary/aromatic N) is 3. The number of carbonyl (C=O) groups is 1. The number of ether oxygens (including phenoxy) is 1. The molecule has 7 nitrogen and oxygen atoms in total. The summed E-state index contributed by atoms with van der Waals surface area (Å²) < 4.78 is 48.7. The van der Waals surface area contributed by atoms with Crippen LogP contribution in [0.2, 0.25) is 0 Å². The van der Waals surface area contributed by atoms with Crippen LogP contribution in [0.4, 0.5) is 18.9 Å². The minimum Gasteiger partial charge on any atom is -0.437 e. The van der Waals surface area contributed by atoms with Gasteiger partial charge in [-0.15, -0.1) is 5.10 Å². The average molecular weight is 550 g/mol. The SMILES string of the molecule is Cc1cc(-c2cnc3c(NCC4CCC(F)(F)CC4)cc(Oc4cccc(F)c4)nn23)ccc1C(=O)NC1CC1. The molecule has 208 valence electrons. The number of rotatable bonds is 8. The first-order valence-corrected chi connectivity index (χ1v) is 13.6. The first kappa shape index (κ1) is 26.2. The van der Waals surface area contributed by atoms with Crippen molar-refractivity contribution in [1.29, 1.82) is 0 Å². The van der Waals surface area contributed by atoms with Crippen LogP contribution in [-0.4, -0.2) is 39.0 Å². The molecule has 0 saturated heterocycles. The van der Waals surface area contributed by atoms with E-state index in [1.165, 1.54) is 12.1 Å². The highest BCUT2D eigenvalue weighted by atomic mass is 19.3. The molecular weight excluding hydrogens is 519 g/mol. The number of carbonyl (C=O) groups excluding carboxylic acids is 1. The first-order valence-electron chi connectivity index (χ1n) is 13.6. The highest BCUT2D eigenvalue weighted by Crippen LogP contribution is 2.37. The molecule has 6 rings (SSSR count). The zero-order chi connectivity index (χ0) is 27.9. The van der Waals surface area contributed by atoms with Gasteiger partial charge < -0.3 is 15.4 Å². The van der Waals surface area contributed by atoms with Crippen molar-refractivity contribution in [3.63, 3.8) is 0 Å². The summed E-state index contributed by atoms with van der Waals surface area (Å²) in [7, 11) is 0. The van der Waals surface area contributed by atoms with Gasteiger partial charge in [0, 0.05) is 48.7 Å². The van der Waals surface area contributed by atoms with Crippen LogP contribution in [0.3, 0.4) is 0 Å². The fourth-order valence-electron chi connectivity index (χ4n) is 5.10. The van der Waals surface area contributed by atoms with Gasteiger partial charge in [0.25, 0.3) is 5.91 Å². The summed E-state index contributed by atoms with van der Waals surface area (Å²) in [5.74, 6) is -2.50. The second-order valence-corrected chi connectivity index (χ2v) is 10.8. The van der Waals surface area contributed by atoms with Crippen LogP contribution in [0, 0.1) is 18.7 Å². The zero-order valence-corrected chi connectivity index (χ0v) is 22.1. The van der Waals surface area contributed by atoms with E-state index in [1.54, 1.807) is 35.0 Å². The summed E-state index contributed by atoms with van der Waals surface area (Å²) in [5.41, 5.74) is 4.09. The Labute approximate surface area is 229 Å². The number of hydrogen-bond donors (Lipinski definition) is 2. The molecule has 2 saturated carbocycles. The summed E-state index contributed by atoms with van der Waals surface area (Å²) in [6.45, 7) is 2.39. The van der Waals surface area contributed by atoms with Crippen molar-refractivity contribution in [2.24, 2.45) is 5.92 Å². The van der Waals surface area contributed by atoms with Gasteiger partial charge in [-0.3, -0.25) is 4.79 Å². The second kappa shape index (κ2) is 10.5. The number of nitrogens with one attached hydrogen (secondary N) is 2. The van der Waals surface area contributed by atoms with Crippen molar-refractivity contribution in [2.75, 3.05) is 11.9 Å². The molecule has 2 aromatic heterocycles. The van der Waals surface area contributed by atoms with Gasteiger partial charge in [-0.2, -0.15) is 0 Å². The monoisotopic (exact) mass is 549 g/mol. The molecular formula is C30H30F3N5O2. The Bertz CT molecular complexity index is 1560. The summed E-state index contributed by atoms with van der Waals surface area (Å²) in [6, 6.07) is 13.3. The number of hydrogen-bond acceptors (Lipinski definition) is 5. The van der Waals surface area contributed by atoms with Crippen LogP contribution in [0.1, 0.15) is 54.4 Å². The van der Waals surface area contributed by atoms with E-state index in [9.17, 15) is 18.0 Å². The van der Waals surface area contributed by atoms with E-state index in [1.807, 2.05) is 19.1 Å².